The SMILES string of the molecule is CC(CCl)N(C)c1nncs1. The van der Waals surface area contributed by atoms with Gasteiger partial charge in [-0.15, -0.1) is 21.8 Å². The van der Waals surface area contributed by atoms with Crippen molar-refractivity contribution in [1.82, 2.24) is 10.2 Å². The highest BCUT2D eigenvalue weighted by atomic mass is 35.5. The molecule has 0 aliphatic rings. The van der Waals surface area contributed by atoms with Gasteiger partial charge in [-0.2, -0.15) is 0 Å². The van der Waals surface area contributed by atoms with E-state index in [2.05, 4.69) is 17.1 Å². The van der Waals surface area contributed by atoms with Crippen LogP contribution in [0, 0.1) is 0 Å². The normalized spacial score (nSPS) is 13.0. The summed E-state index contributed by atoms with van der Waals surface area (Å²) in [7, 11) is 1.97. The quantitative estimate of drug-likeness (QED) is 0.680. The van der Waals surface area contributed by atoms with Crippen molar-refractivity contribution in [3.63, 3.8) is 0 Å². The van der Waals surface area contributed by atoms with Crippen molar-refractivity contribution >= 4 is 28.1 Å². The number of halogens is 1. The lowest BCUT2D eigenvalue weighted by molar-refractivity contribution is 0.752. The van der Waals surface area contributed by atoms with Crippen LogP contribution in [-0.4, -0.2) is 29.2 Å². The van der Waals surface area contributed by atoms with E-state index < -0.39 is 0 Å². The van der Waals surface area contributed by atoms with Crippen molar-refractivity contribution in [2.45, 2.75) is 13.0 Å². The molecule has 1 aromatic heterocycles. The van der Waals surface area contributed by atoms with Crippen LogP contribution in [0.2, 0.25) is 0 Å². The van der Waals surface area contributed by atoms with Gasteiger partial charge in [0.05, 0.1) is 0 Å². The molecule has 1 heterocycles. The summed E-state index contributed by atoms with van der Waals surface area (Å²) in [6, 6.07) is 0.310. The van der Waals surface area contributed by atoms with Crippen LogP contribution in [0.25, 0.3) is 0 Å². The third kappa shape index (κ3) is 2.04. The lowest BCUT2D eigenvalue weighted by Crippen LogP contribution is -2.29. The van der Waals surface area contributed by atoms with Crippen molar-refractivity contribution in [3.05, 3.63) is 5.51 Å². The summed E-state index contributed by atoms with van der Waals surface area (Å²) in [5.41, 5.74) is 1.72. The molecule has 0 spiro atoms. The molecule has 1 unspecified atom stereocenters. The van der Waals surface area contributed by atoms with E-state index in [-0.39, 0.29) is 0 Å². The Morgan fingerprint density at radius 1 is 1.82 bits per heavy atom. The summed E-state index contributed by atoms with van der Waals surface area (Å²) in [6.07, 6.45) is 0. The molecule has 0 fully saturated rings. The Kier molecular flexibility index (Phi) is 3.08. The van der Waals surface area contributed by atoms with Gasteiger partial charge < -0.3 is 4.90 Å². The van der Waals surface area contributed by atoms with Gasteiger partial charge in [-0.3, -0.25) is 0 Å². The summed E-state index contributed by atoms with van der Waals surface area (Å²) < 4.78 is 0. The maximum absolute atomic E-state index is 5.68. The lowest BCUT2D eigenvalue weighted by atomic mass is 10.4. The van der Waals surface area contributed by atoms with E-state index in [1.165, 1.54) is 11.3 Å². The largest absolute Gasteiger partial charge is 0.346 e. The smallest absolute Gasteiger partial charge is 0.208 e. The number of anilines is 1. The average Bonchev–Trinajstić information content (AvgIpc) is 2.53. The fraction of sp³-hybridized carbons (Fsp3) is 0.667. The highest BCUT2D eigenvalue weighted by molar-refractivity contribution is 7.13. The fourth-order valence-electron chi connectivity index (χ4n) is 0.613. The van der Waals surface area contributed by atoms with Gasteiger partial charge in [0.25, 0.3) is 0 Å². The van der Waals surface area contributed by atoms with Crippen LogP contribution in [0.1, 0.15) is 6.92 Å². The molecule has 0 saturated heterocycles. The number of hydrogen-bond acceptors (Lipinski definition) is 4. The summed E-state index contributed by atoms with van der Waals surface area (Å²) >= 11 is 7.20. The number of hydrogen-bond donors (Lipinski definition) is 0. The fourth-order valence-corrected chi connectivity index (χ4v) is 1.45. The minimum atomic E-state index is 0.310. The molecule has 1 rings (SSSR count). The van der Waals surface area contributed by atoms with Crippen molar-refractivity contribution in [2.24, 2.45) is 0 Å². The van der Waals surface area contributed by atoms with E-state index in [9.17, 15) is 0 Å². The van der Waals surface area contributed by atoms with Gasteiger partial charge in [-0.1, -0.05) is 11.3 Å². The first kappa shape index (κ1) is 8.74. The van der Waals surface area contributed by atoms with E-state index >= 15 is 0 Å². The lowest BCUT2D eigenvalue weighted by Gasteiger charge is -2.20. The molecule has 0 bridgehead atoms. The van der Waals surface area contributed by atoms with Crippen LogP contribution in [0.5, 0.6) is 0 Å². The molecule has 0 aliphatic carbocycles. The van der Waals surface area contributed by atoms with Crippen LogP contribution >= 0.6 is 22.9 Å². The van der Waals surface area contributed by atoms with Gasteiger partial charge in [-0.25, -0.2) is 0 Å². The van der Waals surface area contributed by atoms with Crippen LogP contribution in [0.4, 0.5) is 5.13 Å². The molecule has 0 aromatic carbocycles. The van der Waals surface area contributed by atoms with E-state index in [1.54, 1.807) is 5.51 Å². The topological polar surface area (TPSA) is 29.0 Å². The van der Waals surface area contributed by atoms with Crippen LogP contribution in [0.3, 0.4) is 0 Å². The van der Waals surface area contributed by atoms with Gasteiger partial charge >= 0.3 is 0 Å². The molecule has 0 amide bonds. The van der Waals surface area contributed by atoms with Crippen LogP contribution in [0.15, 0.2) is 5.51 Å². The number of rotatable bonds is 3. The first-order chi connectivity index (χ1) is 5.25. The van der Waals surface area contributed by atoms with Crippen molar-refractivity contribution in [2.75, 3.05) is 17.8 Å². The van der Waals surface area contributed by atoms with Crippen molar-refractivity contribution in [1.29, 1.82) is 0 Å². The first-order valence-corrected chi connectivity index (χ1v) is 4.72. The predicted molar refractivity (Wildman–Crippen MR) is 48.5 cm³/mol. The minimum absolute atomic E-state index is 0.310. The molecular weight excluding hydrogens is 182 g/mol. The highest BCUT2D eigenvalue weighted by Crippen LogP contribution is 2.16. The molecule has 62 valence electrons. The Morgan fingerprint density at radius 2 is 2.55 bits per heavy atom. The second-order valence-electron chi connectivity index (χ2n) is 2.34. The standard InChI is InChI=1S/C6H10ClN3S/c1-5(3-7)10(2)6-9-8-4-11-6/h4-5H,3H2,1-2H3. The van der Waals surface area contributed by atoms with Gasteiger partial charge in [0.1, 0.15) is 5.51 Å². The predicted octanol–water partition coefficient (Wildman–Crippen LogP) is 1.60. The van der Waals surface area contributed by atoms with E-state index in [0.717, 1.165) is 5.13 Å². The van der Waals surface area contributed by atoms with Gasteiger partial charge in [0.15, 0.2) is 0 Å². The van der Waals surface area contributed by atoms with E-state index in [4.69, 9.17) is 11.6 Å². The Labute approximate surface area is 75.0 Å². The van der Waals surface area contributed by atoms with Crippen molar-refractivity contribution < 1.29 is 0 Å². The molecule has 0 saturated carbocycles. The maximum atomic E-state index is 5.68. The molecule has 3 nitrogen and oxygen atoms in total. The summed E-state index contributed by atoms with van der Waals surface area (Å²) in [6.45, 7) is 2.05. The van der Waals surface area contributed by atoms with Gasteiger partial charge in [-0.05, 0) is 6.92 Å². The summed E-state index contributed by atoms with van der Waals surface area (Å²) in [5, 5.41) is 8.58. The molecule has 0 aliphatic heterocycles. The number of nitrogens with zero attached hydrogens (tertiary/aromatic N) is 3. The molecule has 0 N–H and O–H groups in total. The van der Waals surface area contributed by atoms with E-state index in [0.29, 0.717) is 11.9 Å². The zero-order valence-corrected chi connectivity index (χ0v) is 8.06. The second kappa shape index (κ2) is 3.88. The minimum Gasteiger partial charge on any atom is -0.346 e. The molecule has 1 aromatic rings. The first-order valence-electron chi connectivity index (χ1n) is 3.30. The van der Waals surface area contributed by atoms with Crippen LogP contribution in [-0.2, 0) is 0 Å². The average molecular weight is 192 g/mol. The monoisotopic (exact) mass is 191 g/mol. The Hall–Kier alpha value is -0.350. The number of aromatic nitrogens is 2. The number of alkyl halides is 1. The highest BCUT2D eigenvalue weighted by Gasteiger charge is 2.10. The third-order valence-corrected chi connectivity index (χ3v) is 2.76. The molecular formula is C6H10ClN3S. The zero-order chi connectivity index (χ0) is 8.27. The molecule has 0 radical (unpaired) electrons. The molecule has 1 atom stereocenters. The molecule has 5 heteroatoms. The second-order valence-corrected chi connectivity index (χ2v) is 3.46. The Balaban J connectivity index is 2.62. The van der Waals surface area contributed by atoms with E-state index in [1.807, 2.05) is 11.9 Å². The van der Waals surface area contributed by atoms with Crippen LogP contribution < -0.4 is 4.90 Å². The van der Waals surface area contributed by atoms with Gasteiger partial charge in [0, 0.05) is 19.0 Å². The van der Waals surface area contributed by atoms with Crippen molar-refractivity contribution in [3.8, 4) is 0 Å². The van der Waals surface area contributed by atoms with Gasteiger partial charge in [0.2, 0.25) is 5.13 Å². The summed E-state index contributed by atoms with van der Waals surface area (Å²) in [5.74, 6) is 0.607. The zero-order valence-electron chi connectivity index (χ0n) is 6.49. The third-order valence-electron chi connectivity index (χ3n) is 1.53. The Morgan fingerprint density at radius 3 is 3.00 bits per heavy atom. The summed E-state index contributed by atoms with van der Waals surface area (Å²) in [4.78, 5) is 2.02. The Bertz CT molecular complexity index is 202. The molecule has 11 heavy (non-hydrogen) atoms. The maximum Gasteiger partial charge on any atom is 0.208 e.